The average molecular weight is 1060 g/mol. The molecule has 0 bridgehead atoms. The number of benzene rings is 1. The zero-order valence-corrected chi connectivity index (χ0v) is 43.8. The summed E-state index contributed by atoms with van der Waals surface area (Å²) >= 11 is 0. The van der Waals surface area contributed by atoms with Gasteiger partial charge in [0.15, 0.2) is 11.9 Å². The van der Waals surface area contributed by atoms with E-state index in [9.17, 15) is 53.1 Å². The summed E-state index contributed by atoms with van der Waals surface area (Å²) in [6.07, 6.45) is 1.27. The summed E-state index contributed by atoms with van der Waals surface area (Å²) in [7, 11) is 0. The molecule has 75 heavy (non-hydrogen) atoms. The van der Waals surface area contributed by atoms with Crippen molar-refractivity contribution in [3.8, 4) is 0 Å². The predicted octanol–water partition coefficient (Wildman–Crippen LogP) is -4.90. The molecule has 0 radical (unpaired) electrons. The van der Waals surface area contributed by atoms with Crippen LogP contribution in [-0.4, -0.2) is 169 Å². The number of nitrogens with one attached hydrogen (secondary N) is 8. The van der Waals surface area contributed by atoms with Crippen LogP contribution in [0.1, 0.15) is 92.1 Å². The quantitative estimate of drug-likeness (QED) is 0.0139. The highest BCUT2D eigenvalue weighted by Gasteiger charge is 2.37. The summed E-state index contributed by atoms with van der Waals surface area (Å²) in [6, 6.07) is -0.843. The average Bonchev–Trinajstić information content (AvgIpc) is 3.87. The van der Waals surface area contributed by atoms with E-state index >= 15 is 0 Å². The minimum atomic E-state index is -1.49. The maximum Gasteiger partial charge on any atom is 0.245 e. The van der Waals surface area contributed by atoms with Crippen LogP contribution in [0.4, 0.5) is 0 Å². The largest absolute Gasteiger partial charge is 0.391 e. The number of aliphatic imine (C=N–C) groups is 2. The number of nitrogens with zero attached hydrogens (tertiary/aromatic N) is 3. The van der Waals surface area contributed by atoms with E-state index in [-0.39, 0.29) is 69.6 Å². The third kappa shape index (κ3) is 22.7. The molecule has 1 aromatic carbocycles. The van der Waals surface area contributed by atoms with E-state index in [1.807, 2.05) is 6.92 Å². The van der Waals surface area contributed by atoms with Crippen molar-refractivity contribution in [2.24, 2.45) is 50.5 Å². The fraction of sp³-hybridized carbons (Fsp3) is 0.625. The molecule has 1 aliphatic rings. The first-order valence-corrected chi connectivity index (χ1v) is 25.1. The molecule has 19 N–H and O–H groups in total. The number of nitrogens with two attached hydrogens (primary N) is 5. The van der Waals surface area contributed by atoms with Crippen LogP contribution < -0.4 is 71.2 Å². The van der Waals surface area contributed by atoms with E-state index in [0.717, 1.165) is 0 Å². The lowest BCUT2D eigenvalue weighted by Gasteiger charge is -2.29. The Morgan fingerprint density at radius 2 is 1.29 bits per heavy atom. The van der Waals surface area contributed by atoms with E-state index in [0.29, 0.717) is 31.1 Å². The summed E-state index contributed by atoms with van der Waals surface area (Å²) < 4.78 is 0. The van der Waals surface area contributed by atoms with Crippen LogP contribution in [-0.2, 0) is 54.4 Å². The Morgan fingerprint density at radius 3 is 1.87 bits per heavy atom. The van der Waals surface area contributed by atoms with Crippen molar-refractivity contribution in [2.45, 2.75) is 147 Å². The molecule has 1 aromatic rings. The molecule has 27 heteroatoms. The fourth-order valence-corrected chi connectivity index (χ4v) is 7.68. The number of aliphatic hydroxyl groups is 1. The zero-order valence-electron chi connectivity index (χ0n) is 43.8. The van der Waals surface area contributed by atoms with Gasteiger partial charge >= 0.3 is 0 Å². The number of hydrogen-bond donors (Lipinski definition) is 14. The number of aldehydes is 1. The van der Waals surface area contributed by atoms with E-state index in [1.54, 1.807) is 51.1 Å². The van der Waals surface area contributed by atoms with Gasteiger partial charge in [-0.3, -0.25) is 53.1 Å². The smallest absolute Gasteiger partial charge is 0.245 e. The van der Waals surface area contributed by atoms with Gasteiger partial charge in [0.05, 0.1) is 31.3 Å². The number of hydrogen-bond acceptors (Lipinski definition) is 14. The molecule has 27 nitrogen and oxygen atoms in total. The Kier molecular flexibility index (Phi) is 27.8. The first kappa shape index (κ1) is 63.7. The van der Waals surface area contributed by atoms with Gasteiger partial charge in [-0.15, -0.1) is 0 Å². The Hall–Kier alpha value is -7.42. The molecule has 10 atom stereocenters. The van der Waals surface area contributed by atoms with E-state index in [2.05, 4.69) is 52.5 Å². The van der Waals surface area contributed by atoms with Crippen molar-refractivity contribution in [2.75, 3.05) is 32.7 Å². The number of guanidine groups is 2. The van der Waals surface area contributed by atoms with Gasteiger partial charge in [-0.1, -0.05) is 64.4 Å². The van der Waals surface area contributed by atoms with Crippen molar-refractivity contribution >= 4 is 71.4 Å². The number of amides is 9. The van der Waals surface area contributed by atoms with Crippen molar-refractivity contribution in [3.05, 3.63) is 35.9 Å². The fourth-order valence-electron chi connectivity index (χ4n) is 7.68. The highest BCUT2D eigenvalue weighted by atomic mass is 16.3. The third-order valence-corrected chi connectivity index (χ3v) is 12.3. The van der Waals surface area contributed by atoms with Gasteiger partial charge in [-0.05, 0) is 69.8 Å². The van der Waals surface area contributed by atoms with Crippen molar-refractivity contribution < 1.29 is 53.1 Å². The van der Waals surface area contributed by atoms with E-state index in [1.165, 1.54) is 18.7 Å². The van der Waals surface area contributed by atoms with Gasteiger partial charge in [-0.2, -0.15) is 0 Å². The van der Waals surface area contributed by atoms with Gasteiger partial charge in [0.1, 0.15) is 42.5 Å². The summed E-state index contributed by atoms with van der Waals surface area (Å²) in [4.78, 5) is 141. The summed E-state index contributed by atoms with van der Waals surface area (Å²) in [5.74, 6) is -7.74. The zero-order chi connectivity index (χ0) is 56.4. The van der Waals surface area contributed by atoms with Crippen LogP contribution in [0.5, 0.6) is 0 Å². The molecule has 418 valence electrons. The topological polar surface area (TPSA) is 445 Å². The second kappa shape index (κ2) is 32.7. The number of aliphatic hydroxyl groups excluding tert-OH is 1. The van der Waals surface area contributed by atoms with Gasteiger partial charge < -0.3 is 86.0 Å². The Morgan fingerprint density at radius 1 is 0.707 bits per heavy atom. The monoisotopic (exact) mass is 1060 g/mol. The molecule has 0 saturated carbocycles. The van der Waals surface area contributed by atoms with Crippen LogP contribution in [0.15, 0.2) is 40.3 Å². The molecule has 0 aliphatic carbocycles. The molecular weight excluding hydrogens is 977 g/mol. The van der Waals surface area contributed by atoms with Crippen LogP contribution in [0.25, 0.3) is 0 Å². The van der Waals surface area contributed by atoms with Crippen LogP contribution in [0, 0.1) is 11.8 Å². The van der Waals surface area contributed by atoms with Crippen LogP contribution in [0.3, 0.4) is 0 Å². The minimum absolute atomic E-state index is 0.0298. The Labute approximate surface area is 437 Å². The van der Waals surface area contributed by atoms with E-state index < -0.39 is 127 Å². The highest BCUT2D eigenvalue weighted by Crippen LogP contribution is 2.18. The highest BCUT2D eigenvalue weighted by molar-refractivity contribution is 5.98. The van der Waals surface area contributed by atoms with Crippen LogP contribution >= 0.6 is 0 Å². The molecule has 0 spiro atoms. The Balaban J connectivity index is 2.17. The lowest BCUT2D eigenvalue weighted by molar-refractivity contribution is -0.139. The van der Waals surface area contributed by atoms with E-state index in [4.69, 9.17) is 28.7 Å². The molecule has 1 saturated heterocycles. The maximum atomic E-state index is 14.1. The Bertz CT molecular complexity index is 2150. The van der Waals surface area contributed by atoms with Gasteiger partial charge in [0.2, 0.25) is 53.2 Å². The predicted molar refractivity (Wildman–Crippen MR) is 278 cm³/mol. The molecule has 9 amide bonds. The summed E-state index contributed by atoms with van der Waals surface area (Å²) in [5.41, 5.74) is 28.1. The number of rotatable bonds is 32. The van der Waals surface area contributed by atoms with Crippen molar-refractivity contribution in [1.82, 2.24) is 47.4 Å². The third-order valence-electron chi connectivity index (χ3n) is 12.3. The lowest BCUT2D eigenvalue weighted by atomic mass is 9.98. The first-order chi connectivity index (χ1) is 35.4. The molecule has 1 heterocycles. The second-order valence-electron chi connectivity index (χ2n) is 18.8. The van der Waals surface area contributed by atoms with Crippen molar-refractivity contribution in [3.63, 3.8) is 0 Å². The van der Waals surface area contributed by atoms with Crippen LogP contribution in [0.2, 0.25) is 0 Å². The number of likely N-dealkylation sites (tertiary alicyclic amines) is 1. The molecule has 1 fully saturated rings. The summed E-state index contributed by atoms with van der Waals surface area (Å²) in [6.45, 7) is 9.03. The molecule has 0 aromatic heterocycles. The van der Waals surface area contributed by atoms with Gasteiger partial charge in [0.25, 0.3) is 0 Å². The molecule has 0 unspecified atom stereocenters. The first-order valence-electron chi connectivity index (χ1n) is 25.1. The molecule has 1 aliphatic heterocycles. The SMILES string of the molecule is CC[C@H](C)[C@@H](C=O)NC(=O)[C@@H](NC(=O)[C@@H](NC(=O)[C@H](Cc1ccccc1)NC(=O)[C@H](C)NC(=O)[C@H](CCCN=C(N)N)NC(=O)CNC(=O)[C@@H]1CCCN1C(=O)CNC(=O)[C@@H](N)CCCN=C(N)N)C(C)C)[C@@H](C)O. The standard InChI is InChI=1S/C48H80N16O11/c1-7-27(4)34(25-65)61-46(75)39(29(6)66)63-45(74)38(26(2)3)62-43(72)33(22-30-14-9-8-10-15-30)60-40(69)28(5)58-42(71)32(17-12-20-55-48(52)53)59-36(67)23-56-44(73)35-18-13-21-64(35)37(68)24-57-41(70)31(49)16-11-19-54-47(50)51/h8-10,14-15,25-29,31-35,38-39,66H,7,11-13,16-24,49H2,1-6H3,(H,56,73)(H,57,70)(H,58,71)(H,59,67)(H,60,69)(H,61,75)(H,62,72)(H,63,74)(H4,50,51,54)(H4,52,53,55)/t27-,28-,29+,31-,32-,33-,34+,35-,38-,39-/m0/s1. The lowest BCUT2D eigenvalue weighted by Crippen LogP contribution is -2.62. The number of carbonyl (C=O) groups is 10. The van der Waals surface area contributed by atoms with Gasteiger partial charge in [0, 0.05) is 26.1 Å². The summed E-state index contributed by atoms with van der Waals surface area (Å²) in [5, 5.41) is 30.9. The van der Waals surface area contributed by atoms with Crippen molar-refractivity contribution in [1.29, 1.82) is 0 Å². The molecular formula is C48H80N16O11. The van der Waals surface area contributed by atoms with Gasteiger partial charge in [-0.25, -0.2) is 0 Å². The maximum absolute atomic E-state index is 14.1. The number of carbonyl (C=O) groups excluding carboxylic acids is 10. The minimum Gasteiger partial charge on any atom is -0.391 e. The molecule has 2 rings (SSSR count). The normalized spacial score (nSPS) is 16.6. The second-order valence-corrected chi connectivity index (χ2v) is 18.8.